The van der Waals surface area contributed by atoms with Gasteiger partial charge in [0.05, 0.1) is 6.42 Å². The number of carboxylic acid groups (broad SMARTS) is 1. The molecule has 2 heterocycles. The normalized spacial score (nSPS) is 19.2. The van der Waals surface area contributed by atoms with Gasteiger partial charge in [-0.2, -0.15) is 11.3 Å². The Morgan fingerprint density at radius 2 is 2.20 bits per heavy atom. The van der Waals surface area contributed by atoms with E-state index in [0.717, 1.165) is 5.56 Å². The summed E-state index contributed by atoms with van der Waals surface area (Å²) in [6, 6.07) is 1.28. The highest BCUT2D eigenvalue weighted by Gasteiger charge is 2.34. The molecular weight excluding hydrogens is 280 g/mol. The molecule has 2 rings (SSSR count). The number of rotatable bonds is 4. The molecule has 0 bridgehead atoms. The van der Waals surface area contributed by atoms with Crippen LogP contribution in [0.1, 0.15) is 12.5 Å². The van der Waals surface area contributed by atoms with E-state index in [4.69, 9.17) is 5.11 Å². The van der Waals surface area contributed by atoms with Gasteiger partial charge in [0.2, 0.25) is 11.8 Å². The third-order valence-corrected chi connectivity index (χ3v) is 4.06. The zero-order chi connectivity index (χ0) is 14.7. The summed E-state index contributed by atoms with van der Waals surface area (Å²) in [5, 5.41) is 12.6. The fourth-order valence-corrected chi connectivity index (χ4v) is 2.93. The van der Waals surface area contributed by atoms with Crippen molar-refractivity contribution in [3.8, 4) is 0 Å². The van der Waals surface area contributed by atoms with Crippen molar-refractivity contribution in [2.75, 3.05) is 19.6 Å². The molecule has 108 valence electrons. The highest BCUT2D eigenvalue weighted by atomic mass is 32.1. The monoisotopic (exact) mass is 296 g/mol. The van der Waals surface area contributed by atoms with Crippen LogP contribution < -0.4 is 0 Å². The fraction of sp³-hybridized carbons (Fsp3) is 0.462. The van der Waals surface area contributed by atoms with Crippen molar-refractivity contribution in [1.82, 2.24) is 9.80 Å². The van der Waals surface area contributed by atoms with Crippen LogP contribution in [0.5, 0.6) is 0 Å². The Morgan fingerprint density at radius 3 is 2.80 bits per heavy atom. The van der Waals surface area contributed by atoms with Crippen LogP contribution in [0.2, 0.25) is 0 Å². The Morgan fingerprint density at radius 1 is 1.45 bits per heavy atom. The maximum atomic E-state index is 12.2. The minimum absolute atomic E-state index is 0.0979. The van der Waals surface area contributed by atoms with Gasteiger partial charge in [0.1, 0.15) is 12.6 Å². The Bertz CT molecular complexity index is 514. The molecule has 6 nitrogen and oxygen atoms in total. The van der Waals surface area contributed by atoms with Gasteiger partial charge in [-0.25, -0.2) is 0 Å². The molecule has 20 heavy (non-hydrogen) atoms. The van der Waals surface area contributed by atoms with Gasteiger partial charge >= 0.3 is 5.97 Å². The molecule has 1 saturated heterocycles. The number of hydrogen-bond acceptors (Lipinski definition) is 4. The molecule has 2 amide bonds. The summed E-state index contributed by atoms with van der Waals surface area (Å²) < 4.78 is 0. The number of carboxylic acids is 1. The van der Waals surface area contributed by atoms with Gasteiger partial charge in [0, 0.05) is 13.1 Å². The molecule has 0 spiro atoms. The standard InChI is InChI=1S/C13H16N2O4S/c1-9-13(19)14(7-12(17)18)3-4-15(9)11(16)6-10-2-5-20-8-10/h2,5,8-9H,3-4,6-7H2,1H3,(H,17,18)/t9-/m0/s1. The summed E-state index contributed by atoms with van der Waals surface area (Å²) in [7, 11) is 0. The van der Waals surface area contributed by atoms with Gasteiger partial charge in [-0.3, -0.25) is 14.4 Å². The van der Waals surface area contributed by atoms with E-state index in [9.17, 15) is 14.4 Å². The predicted octanol–water partition coefficient (Wildman–Crippen LogP) is 0.435. The first-order valence-corrected chi connectivity index (χ1v) is 7.24. The topological polar surface area (TPSA) is 77.9 Å². The van der Waals surface area contributed by atoms with E-state index >= 15 is 0 Å². The van der Waals surface area contributed by atoms with Crippen LogP contribution in [0.25, 0.3) is 0 Å². The molecule has 0 saturated carbocycles. The SMILES string of the molecule is C[C@H]1C(=O)N(CC(=O)O)CCN1C(=O)Cc1ccsc1. The maximum Gasteiger partial charge on any atom is 0.323 e. The smallest absolute Gasteiger partial charge is 0.323 e. The first-order chi connectivity index (χ1) is 9.49. The minimum Gasteiger partial charge on any atom is -0.480 e. The first-order valence-electron chi connectivity index (χ1n) is 6.30. The zero-order valence-corrected chi connectivity index (χ0v) is 11.9. The molecular formula is C13H16N2O4S. The van der Waals surface area contributed by atoms with E-state index in [1.807, 2.05) is 16.8 Å². The van der Waals surface area contributed by atoms with E-state index in [-0.39, 0.29) is 31.3 Å². The van der Waals surface area contributed by atoms with E-state index in [1.165, 1.54) is 21.1 Å². The Labute approximate surface area is 120 Å². The van der Waals surface area contributed by atoms with Crippen LogP contribution in [-0.4, -0.2) is 58.4 Å². The lowest BCUT2D eigenvalue weighted by Gasteiger charge is -2.38. The second kappa shape index (κ2) is 6.04. The summed E-state index contributed by atoms with van der Waals surface area (Å²) in [6.45, 7) is 1.98. The molecule has 1 atom stereocenters. The Balaban J connectivity index is 1.99. The van der Waals surface area contributed by atoms with Crippen LogP contribution >= 0.6 is 11.3 Å². The van der Waals surface area contributed by atoms with Crippen LogP contribution in [0.15, 0.2) is 16.8 Å². The molecule has 1 aromatic rings. The molecule has 1 fully saturated rings. The number of carbonyl (C=O) groups excluding carboxylic acids is 2. The highest BCUT2D eigenvalue weighted by molar-refractivity contribution is 7.08. The Kier molecular flexibility index (Phi) is 4.39. The van der Waals surface area contributed by atoms with Crippen molar-refractivity contribution in [3.05, 3.63) is 22.4 Å². The largest absolute Gasteiger partial charge is 0.480 e. The zero-order valence-electron chi connectivity index (χ0n) is 11.1. The van der Waals surface area contributed by atoms with E-state index in [2.05, 4.69) is 0 Å². The number of nitrogens with zero attached hydrogens (tertiary/aromatic N) is 2. The molecule has 1 aromatic heterocycles. The number of thiophene rings is 1. The molecule has 0 radical (unpaired) electrons. The molecule has 1 N–H and O–H groups in total. The number of amides is 2. The second-order valence-electron chi connectivity index (χ2n) is 4.73. The van der Waals surface area contributed by atoms with Crippen molar-refractivity contribution in [2.24, 2.45) is 0 Å². The first kappa shape index (κ1) is 14.5. The third kappa shape index (κ3) is 3.16. The van der Waals surface area contributed by atoms with Crippen molar-refractivity contribution in [1.29, 1.82) is 0 Å². The molecule has 1 aliphatic rings. The van der Waals surface area contributed by atoms with Crippen molar-refractivity contribution in [2.45, 2.75) is 19.4 Å². The summed E-state index contributed by atoms with van der Waals surface area (Å²) in [6.07, 6.45) is 0.278. The van der Waals surface area contributed by atoms with Gasteiger partial charge in [-0.15, -0.1) is 0 Å². The lowest BCUT2D eigenvalue weighted by molar-refractivity contribution is -0.154. The molecule has 0 aliphatic carbocycles. The molecule has 7 heteroatoms. The van der Waals surface area contributed by atoms with Crippen molar-refractivity contribution in [3.63, 3.8) is 0 Å². The number of aliphatic carboxylic acids is 1. The number of piperazine rings is 1. The summed E-state index contributed by atoms with van der Waals surface area (Å²) in [5.41, 5.74) is 0.938. The van der Waals surface area contributed by atoms with Crippen LogP contribution in [0.3, 0.4) is 0 Å². The Hall–Kier alpha value is -1.89. The molecule has 0 unspecified atom stereocenters. The molecule has 0 aromatic carbocycles. The van der Waals surface area contributed by atoms with Gasteiger partial charge in [-0.1, -0.05) is 0 Å². The number of carbonyl (C=O) groups is 3. The van der Waals surface area contributed by atoms with Gasteiger partial charge in [0.25, 0.3) is 0 Å². The van der Waals surface area contributed by atoms with E-state index in [1.54, 1.807) is 6.92 Å². The van der Waals surface area contributed by atoms with Crippen LogP contribution in [-0.2, 0) is 20.8 Å². The molecule has 1 aliphatic heterocycles. The average Bonchev–Trinajstić information content (AvgIpc) is 2.87. The second-order valence-corrected chi connectivity index (χ2v) is 5.51. The van der Waals surface area contributed by atoms with Crippen molar-refractivity contribution < 1.29 is 19.5 Å². The average molecular weight is 296 g/mol. The van der Waals surface area contributed by atoms with E-state index < -0.39 is 12.0 Å². The van der Waals surface area contributed by atoms with Gasteiger partial charge < -0.3 is 14.9 Å². The van der Waals surface area contributed by atoms with Gasteiger partial charge in [0.15, 0.2) is 0 Å². The lowest BCUT2D eigenvalue weighted by Crippen LogP contribution is -2.58. The predicted molar refractivity (Wildman–Crippen MR) is 73.4 cm³/mol. The minimum atomic E-state index is -1.04. The summed E-state index contributed by atoms with van der Waals surface area (Å²) in [5.74, 6) is -1.44. The summed E-state index contributed by atoms with van der Waals surface area (Å²) in [4.78, 5) is 37.7. The highest BCUT2D eigenvalue weighted by Crippen LogP contribution is 2.14. The lowest BCUT2D eigenvalue weighted by atomic mass is 10.1. The van der Waals surface area contributed by atoms with E-state index in [0.29, 0.717) is 6.54 Å². The fourth-order valence-electron chi connectivity index (χ4n) is 2.26. The van der Waals surface area contributed by atoms with Crippen molar-refractivity contribution >= 4 is 29.1 Å². The van der Waals surface area contributed by atoms with Gasteiger partial charge in [-0.05, 0) is 29.3 Å². The van der Waals surface area contributed by atoms with Crippen LogP contribution in [0, 0.1) is 0 Å². The maximum absolute atomic E-state index is 12.2. The summed E-state index contributed by atoms with van der Waals surface area (Å²) >= 11 is 1.53. The number of hydrogen-bond donors (Lipinski definition) is 1. The quantitative estimate of drug-likeness (QED) is 0.874. The van der Waals surface area contributed by atoms with Crippen LogP contribution in [0.4, 0.5) is 0 Å². The third-order valence-electron chi connectivity index (χ3n) is 3.33.